The maximum Gasteiger partial charge on any atom is 0.306 e. The van der Waals surface area contributed by atoms with Crippen molar-refractivity contribution >= 4 is 28.6 Å². The molecule has 2 unspecified atom stereocenters. The van der Waals surface area contributed by atoms with Crippen molar-refractivity contribution in [1.29, 1.82) is 0 Å². The molecule has 0 aromatic carbocycles. The summed E-state index contributed by atoms with van der Waals surface area (Å²) in [6, 6.07) is 0. The van der Waals surface area contributed by atoms with Crippen LogP contribution in [0.4, 0.5) is 4.39 Å². The minimum Gasteiger partial charge on any atom is -0.449 e. The Morgan fingerprint density at radius 2 is 2.03 bits per heavy atom. The lowest BCUT2D eigenvalue weighted by atomic mass is 9.46. The number of carbonyl (C=O) groups is 3. The lowest BCUT2D eigenvalue weighted by molar-refractivity contribution is -0.187. The molecule has 0 aromatic rings. The third-order valence-electron chi connectivity index (χ3n) is 9.52. The zero-order valence-corrected chi connectivity index (χ0v) is 20.2. The van der Waals surface area contributed by atoms with Crippen molar-refractivity contribution in [3.05, 3.63) is 23.8 Å². The van der Waals surface area contributed by atoms with E-state index in [0.717, 1.165) is 11.8 Å². The number of halogens is 1. The Morgan fingerprint density at radius 3 is 2.70 bits per heavy atom. The average Bonchev–Trinajstić information content (AvgIpc) is 3.44. The first kappa shape index (κ1) is 23.2. The largest absolute Gasteiger partial charge is 0.449 e. The molecule has 1 saturated heterocycles. The Balaban J connectivity index is 1.62. The van der Waals surface area contributed by atoms with E-state index in [0.29, 0.717) is 18.4 Å². The van der Waals surface area contributed by atoms with Gasteiger partial charge in [-0.3, -0.25) is 14.4 Å². The second kappa shape index (κ2) is 7.25. The number of alkyl halides is 1. The molecule has 5 rings (SSSR count). The number of rotatable bonds is 4. The van der Waals surface area contributed by atoms with E-state index in [2.05, 4.69) is 0 Å². The Labute approximate surface area is 197 Å². The summed E-state index contributed by atoms with van der Waals surface area (Å²) in [5.74, 6) is -1.64. The van der Waals surface area contributed by atoms with Crippen LogP contribution in [-0.2, 0) is 23.9 Å². The predicted molar refractivity (Wildman–Crippen MR) is 120 cm³/mol. The van der Waals surface area contributed by atoms with Crippen LogP contribution in [0.3, 0.4) is 0 Å². The maximum absolute atomic E-state index is 15.6. The summed E-state index contributed by atoms with van der Waals surface area (Å²) in [4.78, 5) is 38.1. The number of aliphatic hydroxyl groups is 1. The summed E-state index contributed by atoms with van der Waals surface area (Å²) in [5, 5.41) is 9.17. The predicted octanol–water partition coefficient (Wildman–Crippen LogP) is 3.52. The fourth-order valence-electron chi connectivity index (χ4n) is 8.07. The first-order chi connectivity index (χ1) is 15.5. The molecule has 4 aliphatic carbocycles. The average molecular weight is 479 g/mol. The number of thioether (sulfide) groups is 1. The highest BCUT2D eigenvalue weighted by Gasteiger charge is 2.83. The zero-order valence-electron chi connectivity index (χ0n) is 19.4. The van der Waals surface area contributed by atoms with Gasteiger partial charge in [0.15, 0.2) is 11.4 Å². The van der Waals surface area contributed by atoms with E-state index in [1.807, 2.05) is 26.8 Å². The molecular formula is C25H31FO6S. The van der Waals surface area contributed by atoms with Gasteiger partial charge in [-0.05, 0) is 55.7 Å². The second-order valence-electron chi connectivity index (χ2n) is 10.7. The van der Waals surface area contributed by atoms with Crippen molar-refractivity contribution in [2.75, 3.05) is 5.94 Å². The quantitative estimate of drug-likeness (QED) is 0.375. The van der Waals surface area contributed by atoms with E-state index < -0.39 is 40.1 Å². The van der Waals surface area contributed by atoms with E-state index in [-0.39, 0.29) is 47.6 Å². The minimum atomic E-state index is -1.41. The molecule has 6 nitrogen and oxygen atoms in total. The van der Waals surface area contributed by atoms with Crippen LogP contribution < -0.4 is 0 Å². The van der Waals surface area contributed by atoms with Gasteiger partial charge in [0.05, 0.1) is 12.0 Å². The standard InChI is InChI=1S/C25H31FO6S/c1-5-20(29)32-24(21(30)33-12-27)13(2)8-15-16-10-18(26)17-9-14(28)6-7-22(17,3)25(16)19(31-25)11-23(15,24)4/h6-7,9,13,15-16,18-19,27H,5,8,10-12H2,1-4H3/t13-,15?,16?,18+,19+,22+,23+,24+,25-/m1/s1. The van der Waals surface area contributed by atoms with Gasteiger partial charge < -0.3 is 14.6 Å². The number of fused-ring (bicyclic) bond motifs is 3. The van der Waals surface area contributed by atoms with Gasteiger partial charge in [-0.15, -0.1) is 0 Å². The highest BCUT2D eigenvalue weighted by atomic mass is 32.2. The number of esters is 1. The van der Waals surface area contributed by atoms with Crippen molar-refractivity contribution in [1.82, 2.24) is 0 Å². The number of ketones is 1. The van der Waals surface area contributed by atoms with Gasteiger partial charge >= 0.3 is 5.97 Å². The SMILES string of the molecule is CCC(=O)O[C@]1(C(=O)SCO)[C@H](C)CC2C3C[C@H](F)C4=CC(=O)C=C[C@]4(C)[C@@]34O[C@H]4C[C@@]21C. The van der Waals surface area contributed by atoms with Gasteiger partial charge in [0.25, 0.3) is 0 Å². The van der Waals surface area contributed by atoms with Crippen LogP contribution in [0.25, 0.3) is 0 Å². The summed E-state index contributed by atoms with van der Waals surface area (Å²) >= 11 is 0.765. The molecule has 180 valence electrons. The fourth-order valence-corrected chi connectivity index (χ4v) is 8.88. The van der Waals surface area contributed by atoms with Crippen molar-refractivity contribution in [3.8, 4) is 0 Å². The number of hydrogen-bond acceptors (Lipinski definition) is 7. The van der Waals surface area contributed by atoms with Crippen LogP contribution in [0.2, 0.25) is 0 Å². The van der Waals surface area contributed by atoms with Gasteiger partial charge in [-0.25, -0.2) is 4.39 Å². The molecule has 0 amide bonds. The molecule has 1 spiro atoms. The van der Waals surface area contributed by atoms with Gasteiger partial charge in [0, 0.05) is 23.2 Å². The number of epoxide rings is 1. The van der Waals surface area contributed by atoms with Gasteiger partial charge in [-0.2, -0.15) is 0 Å². The number of allylic oxidation sites excluding steroid dienone is 2. The van der Waals surface area contributed by atoms with E-state index in [1.165, 1.54) is 12.2 Å². The highest BCUT2D eigenvalue weighted by Crippen LogP contribution is 2.77. The van der Waals surface area contributed by atoms with E-state index in [1.54, 1.807) is 6.92 Å². The molecule has 33 heavy (non-hydrogen) atoms. The molecule has 8 heteroatoms. The van der Waals surface area contributed by atoms with Crippen molar-refractivity contribution < 1.29 is 33.4 Å². The van der Waals surface area contributed by atoms with E-state index in [9.17, 15) is 19.5 Å². The van der Waals surface area contributed by atoms with Crippen molar-refractivity contribution in [3.63, 3.8) is 0 Å². The highest BCUT2D eigenvalue weighted by molar-refractivity contribution is 8.13. The Bertz CT molecular complexity index is 993. The van der Waals surface area contributed by atoms with Crippen LogP contribution in [0.5, 0.6) is 0 Å². The van der Waals surface area contributed by atoms with Gasteiger partial charge in [0.1, 0.15) is 11.8 Å². The molecule has 3 saturated carbocycles. The Hall–Kier alpha value is -1.51. The monoisotopic (exact) mass is 478 g/mol. The van der Waals surface area contributed by atoms with Crippen LogP contribution in [-0.4, -0.2) is 51.4 Å². The molecule has 5 aliphatic rings. The molecule has 1 N–H and O–H groups in total. The Kier molecular flexibility index (Phi) is 5.10. The fraction of sp³-hybridized carbons (Fsp3) is 0.720. The van der Waals surface area contributed by atoms with Gasteiger partial charge in [0.2, 0.25) is 5.12 Å². The molecule has 1 aliphatic heterocycles. The van der Waals surface area contributed by atoms with Crippen LogP contribution in [0, 0.1) is 28.6 Å². The lowest BCUT2D eigenvalue weighted by Gasteiger charge is -2.56. The van der Waals surface area contributed by atoms with Gasteiger partial charge in [-0.1, -0.05) is 38.6 Å². The molecule has 0 bridgehead atoms. The molecule has 1 heterocycles. The summed E-state index contributed by atoms with van der Waals surface area (Å²) in [6.07, 6.45) is 4.66. The second-order valence-corrected chi connectivity index (χ2v) is 11.7. The van der Waals surface area contributed by atoms with Crippen molar-refractivity contribution in [2.45, 2.75) is 76.9 Å². The lowest BCUT2D eigenvalue weighted by Crippen LogP contribution is -2.63. The van der Waals surface area contributed by atoms with E-state index >= 15 is 4.39 Å². The Morgan fingerprint density at radius 1 is 1.30 bits per heavy atom. The van der Waals surface area contributed by atoms with Crippen LogP contribution in [0.15, 0.2) is 23.8 Å². The summed E-state index contributed by atoms with van der Waals surface area (Å²) < 4.78 is 28.1. The van der Waals surface area contributed by atoms with Crippen LogP contribution >= 0.6 is 11.8 Å². The number of aliphatic hydroxyl groups excluding tert-OH is 1. The third kappa shape index (κ3) is 2.66. The third-order valence-corrected chi connectivity index (χ3v) is 10.2. The molecule has 0 aromatic heterocycles. The number of hydrogen-bond donors (Lipinski definition) is 1. The number of ether oxygens (including phenoxy) is 2. The molecule has 9 atom stereocenters. The first-order valence-corrected chi connectivity index (χ1v) is 12.8. The maximum atomic E-state index is 15.6. The molecular weight excluding hydrogens is 447 g/mol. The summed E-state index contributed by atoms with van der Waals surface area (Å²) in [5.41, 5.74) is -3.03. The zero-order chi connectivity index (χ0) is 24.0. The molecule has 0 radical (unpaired) electrons. The smallest absolute Gasteiger partial charge is 0.306 e. The minimum absolute atomic E-state index is 0.109. The number of carbonyl (C=O) groups excluding carboxylic acids is 3. The van der Waals surface area contributed by atoms with E-state index in [4.69, 9.17) is 9.47 Å². The topological polar surface area (TPSA) is 93.2 Å². The van der Waals surface area contributed by atoms with Crippen molar-refractivity contribution in [2.24, 2.45) is 28.6 Å². The summed E-state index contributed by atoms with van der Waals surface area (Å²) in [7, 11) is 0. The first-order valence-electron chi connectivity index (χ1n) is 11.8. The summed E-state index contributed by atoms with van der Waals surface area (Å²) in [6.45, 7) is 7.55. The molecule has 4 fully saturated rings. The normalized spacial score (nSPS) is 49.3. The van der Waals surface area contributed by atoms with Crippen LogP contribution in [0.1, 0.15) is 53.4 Å².